The Hall–Kier alpha value is -0.530. The van der Waals surface area contributed by atoms with Crippen molar-refractivity contribution in [1.82, 2.24) is 0 Å². The largest absolute Gasteiger partial charge is 0.481 e. The Balaban J connectivity index is 1.67. The van der Waals surface area contributed by atoms with Gasteiger partial charge in [0, 0.05) is 0 Å². The van der Waals surface area contributed by atoms with Gasteiger partial charge < -0.3 is 5.11 Å². The van der Waals surface area contributed by atoms with Crippen LogP contribution in [0, 0.1) is 44.8 Å². The zero-order valence-electron chi connectivity index (χ0n) is 19.4. The summed E-state index contributed by atoms with van der Waals surface area (Å²) in [6.45, 7) is 15.2. The summed E-state index contributed by atoms with van der Waals surface area (Å²) in [6.07, 6.45) is 13.5. The lowest BCUT2D eigenvalue weighted by Gasteiger charge is -2.72. The summed E-state index contributed by atoms with van der Waals surface area (Å²) in [7, 11) is 0. The second-order valence-electron chi connectivity index (χ2n) is 13.0. The first kappa shape index (κ1) is 20.7. The molecular weight excluding hydrogens is 344 g/mol. The lowest BCUT2D eigenvalue weighted by atomic mass is 9.33. The van der Waals surface area contributed by atoms with E-state index in [0.29, 0.717) is 28.1 Å². The predicted octanol–water partition coefficient (Wildman–Crippen LogP) is 7.32. The molecule has 0 aromatic heterocycles. The molecule has 28 heavy (non-hydrogen) atoms. The fraction of sp³-hybridized carbons (Fsp3) is 0.962. The molecule has 4 aliphatic rings. The van der Waals surface area contributed by atoms with Crippen LogP contribution in [0.25, 0.3) is 0 Å². The van der Waals surface area contributed by atoms with Gasteiger partial charge >= 0.3 is 5.97 Å². The molecule has 4 fully saturated rings. The quantitative estimate of drug-likeness (QED) is 0.538. The molecule has 8 atom stereocenters. The highest BCUT2D eigenvalue weighted by Crippen LogP contribution is 2.75. The molecule has 0 radical (unpaired) electrons. The van der Waals surface area contributed by atoms with Crippen LogP contribution in [0.2, 0.25) is 0 Å². The number of fused-ring (bicyclic) bond motifs is 5. The van der Waals surface area contributed by atoms with Gasteiger partial charge in [0.1, 0.15) is 0 Å². The van der Waals surface area contributed by atoms with Crippen LogP contribution in [0.1, 0.15) is 112 Å². The Bertz CT molecular complexity index is 657. The molecule has 160 valence electrons. The highest BCUT2D eigenvalue weighted by molar-refractivity contribution is 5.67. The molecule has 1 N–H and O–H groups in total. The standard InChI is InChI=1S/C26H44O2/c1-18-8-7-9-19-24(18,4)11-10-20-25(19,5)14-13-23(3)17-22(2,16-21(27)28)12-15-26(20,23)6/h18-20H,7-17H2,1-6H3,(H,27,28)/t18-,19+,20-,22-,23-,24+,25-,26+/m0/s1. The van der Waals surface area contributed by atoms with E-state index in [4.69, 9.17) is 0 Å². The average molecular weight is 389 g/mol. The molecule has 0 heterocycles. The van der Waals surface area contributed by atoms with E-state index in [1.807, 2.05) is 0 Å². The fourth-order valence-electron chi connectivity index (χ4n) is 9.68. The van der Waals surface area contributed by atoms with Crippen LogP contribution >= 0.6 is 0 Å². The minimum atomic E-state index is -0.611. The highest BCUT2D eigenvalue weighted by atomic mass is 16.4. The summed E-state index contributed by atoms with van der Waals surface area (Å²) in [5.41, 5.74) is 1.68. The molecule has 4 aliphatic carbocycles. The van der Waals surface area contributed by atoms with Crippen molar-refractivity contribution in [2.75, 3.05) is 0 Å². The number of rotatable bonds is 2. The summed E-state index contributed by atoms with van der Waals surface area (Å²) in [6, 6.07) is 0. The lowest BCUT2D eigenvalue weighted by molar-refractivity contribution is -0.227. The molecule has 0 saturated heterocycles. The van der Waals surface area contributed by atoms with Gasteiger partial charge in [-0.3, -0.25) is 4.79 Å². The first-order chi connectivity index (χ1) is 12.9. The molecule has 0 amide bonds. The van der Waals surface area contributed by atoms with Gasteiger partial charge in [0.2, 0.25) is 0 Å². The number of carboxylic acids is 1. The molecule has 2 heteroatoms. The first-order valence-corrected chi connectivity index (χ1v) is 12.1. The van der Waals surface area contributed by atoms with Crippen LogP contribution in [0.3, 0.4) is 0 Å². The van der Waals surface area contributed by atoms with Gasteiger partial charge in [0.15, 0.2) is 0 Å². The predicted molar refractivity (Wildman–Crippen MR) is 115 cm³/mol. The molecule has 0 aromatic carbocycles. The monoisotopic (exact) mass is 388 g/mol. The van der Waals surface area contributed by atoms with Crippen molar-refractivity contribution >= 4 is 5.97 Å². The van der Waals surface area contributed by atoms with Gasteiger partial charge in [0.25, 0.3) is 0 Å². The molecule has 0 aliphatic heterocycles. The maximum atomic E-state index is 11.5. The molecule has 0 bridgehead atoms. The third-order valence-electron chi connectivity index (χ3n) is 11.6. The summed E-state index contributed by atoms with van der Waals surface area (Å²) < 4.78 is 0. The van der Waals surface area contributed by atoms with E-state index in [0.717, 1.165) is 30.6 Å². The lowest BCUT2D eigenvalue weighted by Crippen LogP contribution is -2.64. The summed E-state index contributed by atoms with van der Waals surface area (Å²) in [5.74, 6) is 1.96. The van der Waals surface area contributed by atoms with Gasteiger partial charge in [-0.15, -0.1) is 0 Å². The maximum Gasteiger partial charge on any atom is 0.303 e. The van der Waals surface area contributed by atoms with Crippen molar-refractivity contribution in [2.45, 2.75) is 112 Å². The van der Waals surface area contributed by atoms with E-state index < -0.39 is 5.97 Å². The molecule has 0 aromatic rings. The van der Waals surface area contributed by atoms with Gasteiger partial charge in [-0.25, -0.2) is 0 Å². The topological polar surface area (TPSA) is 37.3 Å². The summed E-state index contributed by atoms with van der Waals surface area (Å²) >= 11 is 0. The number of carboxylic acid groups (broad SMARTS) is 1. The molecule has 2 nitrogen and oxygen atoms in total. The zero-order valence-corrected chi connectivity index (χ0v) is 19.4. The molecular formula is C26H44O2. The van der Waals surface area contributed by atoms with Crippen molar-refractivity contribution < 1.29 is 9.90 Å². The van der Waals surface area contributed by atoms with Gasteiger partial charge in [0.05, 0.1) is 6.42 Å². The smallest absolute Gasteiger partial charge is 0.303 e. The zero-order chi connectivity index (χ0) is 20.6. The maximum absolute atomic E-state index is 11.5. The van der Waals surface area contributed by atoms with Crippen LogP contribution in [-0.2, 0) is 4.79 Å². The minimum absolute atomic E-state index is 0.0175. The average Bonchev–Trinajstić information content (AvgIpc) is 2.58. The summed E-state index contributed by atoms with van der Waals surface area (Å²) in [4.78, 5) is 11.5. The number of carbonyl (C=O) groups is 1. The molecule has 0 spiro atoms. The Morgan fingerprint density at radius 2 is 1.57 bits per heavy atom. The van der Waals surface area contributed by atoms with E-state index in [2.05, 4.69) is 41.5 Å². The molecule has 0 unspecified atom stereocenters. The number of hydrogen-bond donors (Lipinski definition) is 1. The van der Waals surface area contributed by atoms with Crippen molar-refractivity contribution in [2.24, 2.45) is 44.8 Å². The van der Waals surface area contributed by atoms with Crippen LogP contribution in [0.5, 0.6) is 0 Å². The Morgan fingerprint density at radius 3 is 2.25 bits per heavy atom. The third kappa shape index (κ3) is 2.68. The van der Waals surface area contributed by atoms with Crippen molar-refractivity contribution in [3.05, 3.63) is 0 Å². The number of hydrogen-bond acceptors (Lipinski definition) is 1. The Labute approximate surface area is 173 Å². The summed E-state index contributed by atoms with van der Waals surface area (Å²) in [5, 5.41) is 9.49. The first-order valence-electron chi connectivity index (χ1n) is 12.1. The highest BCUT2D eigenvalue weighted by Gasteiger charge is 2.67. The van der Waals surface area contributed by atoms with E-state index >= 15 is 0 Å². The second kappa shape index (κ2) is 6.24. The van der Waals surface area contributed by atoms with E-state index in [9.17, 15) is 9.90 Å². The third-order valence-corrected chi connectivity index (χ3v) is 11.6. The van der Waals surface area contributed by atoms with Crippen LogP contribution < -0.4 is 0 Å². The van der Waals surface area contributed by atoms with Gasteiger partial charge in [-0.05, 0) is 96.2 Å². The van der Waals surface area contributed by atoms with E-state index in [1.54, 1.807) is 0 Å². The van der Waals surface area contributed by atoms with Gasteiger partial charge in [-0.2, -0.15) is 0 Å². The molecule has 4 saturated carbocycles. The van der Waals surface area contributed by atoms with Crippen LogP contribution in [-0.4, -0.2) is 11.1 Å². The van der Waals surface area contributed by atoms with Crippen molar-refractivity contribution in [3.63, 3.8) is 0 Å². The molecule has 4 rings (SSSR count). The van der Waals surface area contributed by atoms with E-state index in [1.165, 1.54) is 51.4 Å². The Kier molecular flexibility index (Phi) is 4.62. The van der Waals surface area contributed by atoms with Crippen LogP contribution in [0.4, 0.5) is 0 Å². The van der Waals surface area contributed by atoms with Crippen molar-refractivity contribution in [1.29, 1.82) is 0 Å². The SMILES string of the molecule is C[C@H]1CCC[C@@H]2[C@]1(C)CC[C@H]1[C@@]2(C)CC[C@@]2(C)C[C@](C)(CC(=O)O)CC[C@]12C. The normalized spacial score (nSPS) is 56.3. The van der Waals surface area contributed by atoms with E-state index in [-0.39, 0.29) is 5.41 Å². The van der Waals surface area contributed by atoms with Gasteiger partial charge in [-0.1, -0.05) is 54.4 Å². The van der Waals surface area contributed by atoms with Crippen LogP contribution in [0.15, 0.2) is 0 Å². The van der Waals surface area contributed by atoms with Crippen molar-refractivity contribution in [3.8, 4) is 0 Å². The fourth-order valence-corrected chi connectivity index (χ4v) is 9.68. The minimum Gasteiger partial charge on any atom is -0.481 e. The Morgan fingerprint density at radius 1 is 0.857 bits per heavy atom. The number of aliphatic carboxylic acids is 1. The second-order valence-corrected chi connectivity index (χ2v) is 13.0.